The number of hydrogen-bond acceptors (Lipinski definition) is 6. The van der Waals surface area contributed by atoms with Crippen LogP contribution >= 0.6 is 0 Å². The molecule has 0 atom stereocenters. The molecular weight excluding hydrogens is 270 g/mol. The Morgan fingerprint density at radius 3 is 2.67 bits per heavy atom. The molecule has 0 radical (unpaired) electrons. The van der Waals surface area contributed by atoms with E-state index in [0.29, 0.717) is 23.6 Å². The van der Waals surface area contributed by atoms with Gasteiger partial charge in [0.1, 0.15) is 17.9 Å². The lowest BCUT2D eigenvalue weighted by molar-refractivity contribution is 0.0595. The largest absolute Gasteiger partial charge is 0.491 e. The minimum Gasteiger partial charge on any atom is -0.491 e. The SMILES string of the molecule is COC(=O)c1cc(N)ccc1OCCN1CCN(C)CC1. The van der Waals surface area contributed by atoms with E-state index in [2.05, 4.69) is 16.8 Å². The van der Waals surface area contributed by atoms with E-state index < -0.39 is 5.97 Å². The summed E-state index contributed by atoms with van der Waals surface area (Å²) in [5, 5.41) is 0. The lowest BCUT2D eigenvalue weighted by Crippen LogP contribution is -2.45. The van der Waals surface area contributed by atoms with Gasteiger partial charge in [-0.15, -0.1) is 0 Å². The Morgan fingerprint density at radius 1 is 1.29 bits per heavy atom. The summed E-state index contributed by atoms with van der Waals surface area (Å²) >= 11 is 0. The molecule has 6 heteroatoms. The maximum Gasteiger partial charge on any atom is 0.341 e. The quantitative estimate of drug-likeness (QED) is 0.636. The zero-order valence-electron chi connectivity index (χ0n) is 12.7. The summed E-state index contributed by atoms with van der Waals surface area (Å²) in [5.41, 5.74) is 6.59. The van der Waals surface area contributed by atoms with Gasteiger partial charge in [0.05, 0.1) is 7.11 Å². The van der Waals surface area contributed by atoms with Crippen LogP contribution in [0.2, 0.25) is 0 Å². The van der Waals surface area contributed by atoms with Crippen molar-refractivity contribution in [3.8, 4) is 5.75 Å². The standard InChI is InChI=1S/C15H23N3O3/c1-17-5-7-18(8-6-17)9-10-21-14-4-3-12(16)11-13(14)15(19)20-2/h3-4,11H,5-10,16H2,1-2H3. The number of esters is 1. The zero-order chi connectivity index (χ0) is 15.2. The number of anilines is 1. The summed E-state index contributed by atoms with van der Waals surface area (Å²) in [6.45, 7) is 5.64. The van der Waals surface area contributed by atoms with Crippen LogP contribution in [0.1, 0.15) is 10.4 Å². The summed E-state index contributed by atoms with van der Waals surface area (Å²) in [7, 11) is 3.48. The molecule has 1 aromatic carbocycles. The molecule has 2 rings (SSSR count). The summed E-state index contributed by atoms with van der Waals surface area (Å²) in [6, 6.07) is 5.01. The van der Waals surface area contributed by atoms with Crippen LogP contribution < -0.4 is 10.5 Å². The van der Waals surface area contributed by atoms with Crippen LogP contribution in [0.3, 0.4) is 0 Å². The van der Waals surface area contributed by atoms with Crippen molar-refractivity contribution in [1.29, 1.82) is 0 Å². The summed E-state index contributed by atoms with van der Waals surface area (Å²) in [5.74, 6) is 0.0853. The van der Waals surface area contributed by atoms with Gasteiger partial charge in [-0.25, -0.2) is 4.79 Å². The number of nitrogen functional groups attached to an aromatic ring is 1. The molecule has 21 heavy (non-hydrogen) atoms. The van der Waals surface area contributed by atoms with E-state index in [1.54, 1.807) is 18.2 Å². The zero-order valence-corrected chi connectivity index (χ0v) is 12.7. The average molecular weight is 293 g/mol. The topological polar surface area (TPSA) is 68.0 Å². The number of carbonyl (C=O) groups is 1. The number of nitrogens with two attached hydrogens (primary N) is 1. The van der Waals surface area contributed by atoms with Gasteiger partial charge >= 0.3 is 5.97 Å². The van der Waals surface area contributed by atoms with Gasteiger partial charge in [0.2, 0.25) is 0 Å². The fourth-order valence-electron chi connectivity index (χ4n) is 2.30. The average Bonchev–Trinajstić information content (AvgIpc) is 2.50. The lowest BCUT2D eigenvalue weighted by atomic mass is 10.2. The summed E-state index contributed by atoms with van der Waals surface area (Å²) in [4.78, 5) is 16.4. The second-order valence-electron chi connectivity index (χ2n) is 5.24. The van der Waals surface area contributed by atoms with Gasteiger partial charge in [-0.2, -0.15) is 0 Å². The van der Waals surface area contributed by atoms with Gasteiger partial charge in [-0.3, -0.25) is 4.90 Å². The number of likely N-dealkylation sites (N-methyl/N-ethyl adjacent to an activating group) is 1. The van der Waals surface area contributed by atoms with Gasteiger partial charge in [0.15, 0.2) is 0 Å². The Kier molecular flexibility index (Phi) is 5.41. The molecule has 2 N–H and O–H groups in total. The molecule has 116 valence electrons. The molecule has 1 aliphatic heterocycles. The third kappa shape index (κ3) is 4.34. The number of methoxy groups -OCH3 is 1. The predicted octanol–water partition coefficient (Wildman–Crippen LogP) is 0.682. The molecule has 0 aromatic heterocycles. The van der Waals surface area contributed by atoms with Crippen molar-refractivity contribution < 1.29 is 14.3 Å². The van der Waals surface area contributed by atoms with Crippen LogP contribution in [-0.4, -0.2) is 69.3 Å². The highest BCUT2D eigenvalue weighted by atomic mass is 16.5. The molecule has 0 bridgehead atoms. The minimum absolute atomic E-state index is 0.371. The van der Waals surface area contributed by atoms with Gasteiger partial charge < -0.3 is 20.1 Å². The fourth-order valence-corrected chi connectivity index (χ4v) is 2.30. The number of piperazine rings is 1. The van der Waals surface area contributed by atoms with Gasteiger partial charge in [-0.1, -0.05) is 0 Å². The highest BCUT2D eigenvalue weighted by Crippen LogP contribution is 2.22. The van der Waals surface area contributed by atoms with Gasteiger partial charge in [0.25, 0.3) is 0 Å². The molecule has 0 aliphatic carbocycles. The molecular formula is C15H23N3O3. The van der Waals surface area contributed by atoms with E-state index in [0.717, 1.165) is 32.7 Å². The van der Waals surface area contributed by atoms with Crippen LogP contribution in [0.15, 0.2) is 18.2 Å². The van der Waals surface area contributed by atoms with Crippen molar-refractivity contribution >= 4 is 11.7 Å². The molecule has 1 fully saturated rings. The van der Waals surface area contributed by atoms with Crippen LogP contribution in [0, 0.1) is 0 Å². The van der Waals surface area contributed by atoms with Crippen LogP contribution in [0.25, 0.3) is 0 Å². The van der Waals surface area contributed by atoms with Gasteiger partial charge in [0, 0.05) is 38.4 Å². The van der Waals surface area contributed by atoms with Gasteiger partial charge in [-0.05, 0) is 25.2 Å². The van der Waals surface area contributed by atoms with Crippen molar-refractivity contribution in [2.24, 2.45) is 0 Å². The van der Waals surface area contributed by atoms with Crippen LogP contribution in [0.4, 0.5) is 5.69 Å². The van der Waals surface area contributed by atoms with Crippen molar-refractivity contribution in [3.05, 3.63) is 23.8 Å². The second kappa shape index (κ2) is 7.28. The fraction of sp³-hybridized carbons (Fsp3) is 0.533. The first-order chi connectivity index (χ1) is 10.1. The minimum atomic E-state index is -0.433. The van der Waals surface area contributed by atoms with E-state index in [-0.39, 0.29) is 0 Å². The van der Waals surface area contributed by atoms with E-state index in [1.165, 1.54) is 7.11 Å². The molecule has 6 nitrogen and oxygen atoms in total. The first-order valence-corrected chi connectivity index (χ1v) is 7.11. The Balaban J connectivity index is 1.89. The molecule has 0 saturated carbocycles. The third-order valence-electron chi connectivity index (χ3n) is 3.67. The first-order valence-electron chi connectivity index (χ1n) is 7.11. The Hall–Kier alpha value is -1.79. The second-order valence-corrected chi connectivity index (χ2v) is 5.24. The summed E-state index contributed by atoms with van der Waals surface area (Å²) in [6.07, 6.45) is 0. The monoisotopic (exact) mass is 293 g/mol. The molecule has 1 aromatic rings. The third-order valence-corrected chi connectivity index (χ3v) is 3.67. The van der Waals surface area contributed by atoms with Crippen molar-refractivity contribution in [3.63, 3.8) is 0 Å². The normalized spacial score (nSPS) is 16.7. The number of carbonyl (C=O) groups excluding carboxylic acids is 1. The summed E-state index contributed by atoms with van der Waals surface area (Å²) < 4.78 is 10.5. The molecule has 0 spiro atoms. The van der Waals surface area contributed by atoms with E-state index in [9.17, 15) is 4.79 Å². The molecule has 0 amide bonds. The number of benzene rings is 1. The van der Waals surface area contributed by atoms with Crippen molar-refractivity contribution in [1.82, 2.24) is 9.80 Å². The van der Waals surface area contributed by atoms with E-state index >= 15 is 0 Å². The smallest absolute Gasteiger partial charge is 0.341 e. The first kappa shape index (κ1) is 15.6. The van der Waals surface area contributed by atoms with E-state index in [4.69, 9.17) is 15.2 Å². The van der Waals surface area contributed by atoms with Crippen molar-refractivity contribution in [2.45, 2.75) is 0 Å². The van der Waals surface area contributed by atoms with Crippen molar-refractivity contribution in [2.75, 3.05) is 59.2 Å². The van der Waals surface area contributed by atoms with Crippen LogP contribution in [-0.2, 0) is 4.74 Å². The lowest BCUT2D eigenvalue weighted by Gasteiger charge is -2.32. The number of hydrogen-bond donors (Lipinski definition) is 1. The van der Waals surface area contributed by atoms with E-state index in [1.807, 2.05) is 0 Å². The predicted molar refractivity (Wildman–Crippen MR) is 81.6 cm³/mol. The Morgan fingerprint density at radius 2 is 2.00 bits per heavy atom. The molecule has 1 saturated heterocycles. The number of ether oxygens (including phenoxy) is 2. The van der Waals surface area contributed by atoms with Crippen LogP contribution in [0.5, 0.6) is 5.75 Å². The maximum atomic E-state index is 11.7. The molecule has 0 unspecified atom stereocenters. The molecule has 1 heterocycles. The maximum absolute atomic E-state index is 11.7. The molecule has 1 aliphatic rings. The highest BCUT2D eigenvalue weighted by molar-refractivity contribution is 5.93. The highest BCUT2D eigenvalue weighted by Gasteiger charge is 2.16. The number of nitrogens with zero attached hydrogens (tertiary/aromatic N) is 2. The Bertz CT molecular complexity index is 485. The Labute approximate surface area is 125 Å². The number of rotatable bonds is 5.